The second-order valence-corrected chi connectivity index (χ2v) is 10.8. The highest BCUT2D eigenvalue weighted by atomic mass is 16.6. The zero-order chi connectivity index (χ0) is 26.7. The van der Waals surface area contributed by atoms with E-state index in [0.29, 0.717) is 53.8 Å². The number of carbonyl (C=O) groups excluding carboxylic acids is 1. The van der Waals surface area contributed by atoms with Crippen molar-refractivity contribution in [1.82, 2.24) is 24.9 Å². The molecule has 2 N–H and O–H groups in total. The van der Waals surface area contributed by atoms with Crippen LogP contribution in [0.3, 0.4) is 0 Å². The molecule has 2 heterocycles. The van der Waals surface area contributed by atoms with Gasteiger partial charge in [0.15, 0.2) is 0 Å². The minimum Gasteiger partial charge on any atom is -0.488 e. The van der Waals surface area contributed by atoms with E-state index in [1.807, 2.05) is 0 Å². The third-order valence-corrected chi connectivity index (χ3v) is 7.29. The van der Waals surface area contributed by atoms with Gasteiger partial charge in [-0.2, -0.15) is 0 Å². The van der Waals surface area contributed by atoms with Crippen LogP contribution in [0, 0.1) is 11.8 Å². The Bertz CT molecular complexity index is 1120. The van der Waals surface area contributed by atoms with Gasteiger partial charge < -0.3 is 24.6 Å². The zero-order valence-corrected chi connectivity index (χ0v) is 22.0. The number of carboxylic acids is 1. The molecule has 1 amide bonds. The summed E-state index contributed by atoms with van der Waals surface area (Å²) in [4.78, 5) is 30.2. The number of amides is 1. The van der Waals surface area contributed by atoms with Gasteiger partial charge in [0, 0.05) is 20.6 Å². The second-order valence-electron chi connectivity index (χ2n) is 10.8. The quantitative estimate of drug-likeness (QED) is 0.513. The lowest BCUT2D eigenvalue weighted by atomic mass is 9.85. The highest BCUT2D eigenvalue weighted by molar-refractivity contribution is 5.70. The molecule has 0 saturated heterocycles. The fourth-order valence-electron chi connectivity index (χ4n) is 4.88. The molecular weight excluding hydrogens is 478 g/mol. The molecule has 0 radical (unpaired) electrons. The van der Waals surface area contributed by atoms with Crippen LogP contribution in [0.25, 0.3) is 11.4 Å². The lowest BCUT2D eigenvalue weighted by Gasteiger charge is -2.29. The molecule has 2 aromatic rings. The molecule has 2 aliphatic rings. The van der Waals surface area contributed by atoms with E-state index in [0.717, 1.165) is 25.7 Å². The Kier molecular flexibility index (Phi) is 8.01. The summed E-state index contributed by atoms with van der Waals surface area (Å²) < 4.78 is 13.3. The minimum atomic E-state index is -1.33. The highest BCUT2D eigenvalue weighted by Crippen LogP contribution is 2.35. The van der Waals surface area contributed by atoms with Gasteiger partial charge in [-0.3, -0.25) is 4.79 Å². The van der Waals surface area contributed by atoms with E-state index in [4.69, 9.17) is 9.47 Å². The van der Waals surface area contributed by atoms with Crippen molar-refractivity contribution in [1.29, 1.82) is 0 Å². The van der Waals surface area contributed by atoms with E-state index in [1.54, 1.807) is 49.7 Å². The van der Waals surface area contributed by atoms with Crippen molar-refractivity contribution in [3.63, 3.8) is 0 Å². The number of aliphatic hydroxyl groups is 1. The van der Waals surface area contributed by atoms with Crippen LogP contribution in [0.5, 0.6) is 5.75 Å². The summed E-state index contributed by atoms with van der Waals surface area (Å²) in [6.07, 6.45) is 5.39. The van der Waals surface area contributed by atoms with E-state index in [1.165, 1.54) is 6.42 Å². The average molecular weight is 516 g/mol. The molecule has 4 rings (SSSR count). The van der Waals surface area contributed by atoms with Crippen molar-refractivity contribution in [2.45, 2.75) is 77.1 Å². The van der Waals surface area contributed by atoms with Crippen LogP contribution in [0.4, 0.5) is 4.79 Å². The van der Waals surface area contributed by atoms with Gasteiger partial charge in [-0.15, -0.1) is 5.10 Å². The maximum atomic E-state index is 12.5. The van der Waals surface area contributed by atoms with Crippen LogP contribution in [-0.2, 0) is 28.8 Å². The number of nitrogens with zero attached hydrogens (tertiary/aromatic N) is 5. The Morgan fingerprint density at radius 1 is 1.19 bits per heavy atom. The van der Waals surface area contributed by atoms with Crippen LogP contribution in [0.2, 0.25) is 0 Å². The maximum absolute atomic E-state index is 12.5. The number of aliphatic carboxylic acids is 1. The highest BCUT2D eigenvalue weighted by Gasteiger charge is 2.31. The summed E-state index contributed by atoms with van der Waals surface area (Å²) in [7, 11) is 3.46. The first-order chi connectivity index (χ1) is 17.5. The molecule has 2 aliphatic carbocycles. The number of carbonyl (C=O) groups is 2. The van der Waals surface area contributed by atoms with Crippen LogP contribution in [0.1, 0.15) is 70.2 Å². The molecule has 0 unspecified atom stereocenters. The molecule has 202 valence electrons. The van der Waals surface area contributed by atoms with Gasteiger partial charge >= 0.3 is 12.1 Å². The number of hydrogen-bond acceptors (Lipinski definition) is 8. The molecule has 2 aromatic heterocycles. The molecule has 37 heavy (non-hydrogen) atoms. The van der Waals surface area contributed by atoms with Gasteiger partial charge in [0.2, 0.25) is 0 Å². The second kappa shape index (κ2) is 11.0. The van der Waals surface area contributed by atoms with E-state index in [9.17, 15) is 19.8 Å². The molecule has 11 nitrogen and oxygen atoms in total. The lowest BCUT2D eigenvalue weighted by Crippen LogP contribution is -2.34. The molecule has 11 heteroatoms. The molecule has 0 bridgehead atoms. The van der Waals surface area contributed by atoms with Crippen molar-refractivity contribution >= 4 is 12.1 Å². The van der Waals surface area contributed by atoms with Crippen LogP contribution >= 0.6 is 0 Å². The maximum Gasteiger partial charge on any atom is 0.409 e. The average Bonchev–Trinajstić information content (AvgIpc) is 3.19. The predicted octanol–water partition coefficient (Wildman–Crippen LogP) is 3.50. The fourth-order valence-corrected chi connectivity index (χ4v) is 4.88. The number of ether oxygens (including phenoxy) is 2. The number of carboxylic acid groups (broad SMARTS) is 1. The summed E-state index contributed by atoms with van der Waals surface area (Å²) in [6, 6.07) is 3.44. The first kappa shape index (κ1) is 26.8. The number of rotatable bonds is 9. The fraction of sp³-hybridized carbons (Fsp3) is 0.654. The van der Waals surface area contributed by atoms with E-state index in [2.05, 4.69) is 15.3 Å². The van der Waals surface area contributed by atoms with Crippen molar-refractivity contribution in [2.24, 2.45) is 18.9 Å². The van der Waals surface area contributed by atoms with Crippen molar-refractivity contribution in [3.8, 4) is 17.1 Å². The Hall–Kier alpha value is -3.21. The minimum absolute atomic E-state index is 0.0247. The summed E-state index contributed by atoms with van der Waals surface area (Å²) >= 11 is 0. The number of pyridine rings is 1. The van der Waals surface area contributed by atoms with Crippen molar-refractivity contribution in [3.05, 3.63) is 23.5 Å². The topological polar surface area (TPSA) is 140 Å². The molecule has 2 fully saturated rings. The third kappa shape index (κ3) is 6.38. The summed E-state index contributed by atoms with van der Waals surface area (Å²) in [5, 5.41) is 28.6. The van der Waals surface area contributed by atoms with E-state index in [-0.39, 0.29) is 12.7 Å². The molecule has 0 aromatic carbocycles. The summed E-state index contributed by atoms with van der Waals surface area (Å²) in [5.41, 5.74) is 0.461. The number of aryl methyl sites for hydroxylation is 1. The van der Waals surface area contributed by atoms with Crippen molar-refractivity contribution < 1.29 is 29.3 Å². The van der Waals surface area contributed by atoms with Gasteiger partial charge in [0.25, 0.3) is 0 Å². The Morgan fingerprint density at radius 2 is 1.92 bits per heavy atom. The van der Waals surface area contributed by atoms with E-state index >= 15 is 0 Å². The Labute approximate surface area is 216 Å². The first-order valence-corrected chi connectivity index (χ1v) is 12.9. The van der Waals surface area contributed by atoms with Gasteiger partial charge in [0.1, 0.15) is 35.0 Å². The largest absolute Gasteiger partial charge is 0.488 e. The van der Waals surface area contributed by atoms with Gasteiger partial charge in [-0.05, 0) is 70.4 Å². The number of aromatic nitrogens is 4. The van der Waals surface area contributed by atoms with E-state index < -0.39 is 23.6 Å². The Balaban J connectivity index is 1.51. The lowest BCUT2D eigenvalue weighted by molar-refractivity contribution is -0.143. The standard InChI is InChI=1S/C26H37N5O6/c1-26(2,35)23-21(37-18-10-6-9-17(13-18)24(32)33)12-11-19(27-23)22-20(31(4)29-28-22)15-36-25(34)30(3)14-16-7-5-8-16/h11-12,16-18,35H,5-10,13-15H2,1-4H3,(H,32,33)/t17-,18-/m0/s1. The number of hydrogen-bond donors (Lipinski definition) is 2. The van der Waals surface area contributed by atoms with Gasteiger partial charge in [-0.1, -0.05) is 11.6 Å². The Morgan fingerprint density at radius 3 is 2.57 bits per heavy atom. The zero-order valence-electron chi connectivity index (χ0n) is 22.0. The molecule has 0 aliphatic heterocycles. The molecule has 0 spiro atoms. The summed E-state index contributed by atoms with van der Waals surface area (Å²) in [5.74, 6) is -0.300. The molecule has 2 saturated carbocycles. The first-order valence-electron chi connectivity index (χ1n) is 12.9. The van der Waals surface area contributed by atoms with Crippen LogP contribution in [-0.4, -0.2) is 66.8 Å². The third-order valence-electron chi connectivity index (χ3n) is 7.29. The SMILES string of the molecule is CN(CC1CCC1)C(=O)OCc1c(-c2ccc(O[C@H]3CCC[C@H](C(=O)O)C3)c(C(C)(C)O)n2)nnn1C. The van der Waals surface area contributed by atoms with Crippen LogP contribution < -0.4 is 4.74 Å². The van der Waals surface area contributed by atoms with Gasteiger partial charge in [0.05, 0.1) is 17.7 Å². The predicted molar refractivity (Wildman–Crippen MR) is 134 cm³/mol. The normalized spacial score (nSPS) is 20.2. The monoisotopic (exact) mass is 515 g/mol. The molecule has 2 atom stereocenters. The van der Waals surface area contributed by atoms with Crippen LogP contribution in [0.15, 0.2) is 12.1 Å². The molecular formula is C26H37N5O6. The van der Waals surface area contributed by atoms with Crippen molar-refractivity contribution in [2.75, 3.05) is 13.6 Å². The smallest absolute Gasteiger partial charge is 0.409 e. The summed E-state index contributed by atoms with van der Waals surface area (Å²) in [6.45, 7) is 3.89. The van der Waals surface area contributed by atoms with Gasteiger partial charge in [-0.25, -0.2) is 14.5 Å².